The highest BCUT2D eigenvalue weighted by atomic mass is 16.6. The Balaban J connectivity index is 1.84. The molecule has 5 nitrogen and oxygen atoms in total. The molecule has 1 fully saturated rings. The lowest BCUT2D eigenvalue weighted by atomic mass is 10.1. The maximum Gasteiger partial charge on any atom is 0.114 e. The largest absolute Gasteiger partial charge is 0.394 e. The van der Waals surface area contributed by atoms with Gasteiger partial charge in [0.15, 0.2) is 0 Å². The minimum absolute atomic E-state index is 0.0987. The third-order valence-electron chi connectivity index (χ3n) is 5.72. The fourth-order valence-electron chi connectivity index (χ4n) is 3.79. The Morgan fingerprint density at radius 2 is 1.41 bits per heavy atom. The van der Waals surface area contributed by atoms with Crippen LogP contribution < -0.4 is 0 Å². The summed E-state index contributed by atoms with van der Waals surface area (Å²) in [6, 6.07) is 0. The average molecular weight is 415 g/mol. The van der Waals surface area contributed by atoms with Crippen molar-refractivity contribution in [3.63, 3.8) is 0 Å². The summed E-state index contributed by atoms with van der Waals surface area (Å²) in [5.74, 6) is 0. The van der Waals surface area contributed by atoms with E-state index >= 15 is 0 Å². The second-order valence-electron chi connectivity index (χ2n) is 8.39. The van der Waals surface area contributed by atoms with Crippen LogP contribution in [-0.4, -0.2) is 59.6 Å². The SMILES string of the molecule is CCCCC/C=C/CCCCCCCCCCCO[C@H](CO)[C@H]1OC[C@H](O)[C@H]1O. The van der Waals surface area contributed by atoms with Crippen molar-refractivity contribution in [2.75, 3.05) is 19.8 Å². The minimum atomic E-state index is -0.978. The fourth-order valence-corrected chi connectivity index (χ4v) is 3.79. The molecule has 4 atom stereocenters. The zero-order valence-corrected chi connectivity index (χ0v) is 18.6. The molecular weight excluding hydrogens is 368 g/mol. The van der Waals surface area contributed by atoms with Crippen LogP contribution in [0.2, 0.25) is 0 Å². The number of aliphatic hydroxyl groups excluding tert-OH is 3. The highest BCUT2D eigenvalue weighted by Crippen LogP contribution is 2.20. The molecule has 0 saturated carbocycles. The Morgan fingerprint density at radius 1 is 0.862 bits per heavy atom. The van der Waals surface area contributed by atoms with Crippen molar-refractivity contribution in [3.05, 3.63) is 12.2 Å². The van der Waals surface area contributed by atoms with E-state index in [4.69, 9.17) is 9.47 Å². The maximum atomic E-state index is 9.83. The van der Waals surface area contributed by atoms with E-state index < -0.39 is 24.4 Å². The average Bonchev–Trinajstić information content (AvgIpc) is 3.06. The van der Waals surface area contributed by atoms with Crippen LogP contribution in [0.5, 0.6) is 0 Å². The first-order valence-electron chi connectivity index (χ1n) is 12.1. The summed E-state index contributed by atoms with van der Waals surface area (Å²) >= 11 is 0. The summed E-state index contributed by atoms with van der Waals surface area (Å²) in [5, 5.41) is 28.8. The lowest BCUT2D eigenvalue weighted by molar-refractivity contribution is -0.101. The Hall–Kier alpha value is -0.460. The van der Waals surface area contributed by atoms with Gasteiger partial charge in [-0.05, 0) is 32.1 Å². The molecule has 3 N–H and O–H groups in total. The van der Waals surface area contributed by atoms with Gasteiger partial charge in [0.25, 0.3) is 0 Å². The van der Waals surface area contributed by atoms with Crippen molar-refractivity contribution >= 4 is 0 Å². The molecule has 1 saturated heterocycles. The molecule has 0 aromatic heterocycles. The molecule has 1 aliphatic rings. The Bertz CT molecular complexity index is 387. The number of aliphatic hydroxyl groups is 3. The normalized spacial score (nSPS) is 23.2. The molecule has 0 spiro atoms. The number of rotatable bonds is 19. The molecule has 29 heavy (non-hydrogen) atoms. The molecule has 0 aromatic rings. The molecule has 0 aromatic carbocycles. The second-order valence-corrected chi connectivity index (χ2v) is 8.39. The summed E-state index contributed by atoms with van der Waals surface area (Å²) in [7, 11) is 0. The summed E-state index contributed by atoms with van der Waals surface area (Å²) in [5.41, 5.74) is 0. The van der Waals surface area contributed by atoms with Gasteiger partial charge >= 0.3 is 0 Å². The molecule has 0 aliphatic carbocycles. The van der Waals surface area contributed by atoms with Gasteiger partial charge < -0.3 is 24.8 Å². The van der Waals surface area contributed by atoms with Crippen LogP contribution in [0, 0.1) is 0 Å². The van der Waals surface area contributed by atoms with Gasteiger partial charge in [-0.2, -0.15) is 0 Å². The number of hydrogen-bond acceptors (Lipinski definition) is 5. The van der Waals surface area contributed by atoms with E-state index in [-0.39, 0.29) is 13.2 Å². The van der Waals surface area contributed by atoms with Gasteiger partial charge in [0.2, 0.25) is 0 Å². The summed E-state index contributed by atoms with van der Waals surface area (Å²) in [6.45, 7) is 2.70. The Morgan fingerprint density at radius 3 is 1.93 bits per heavy atom. The Kier molecular flexibility index (Phi) is 16.8. The third kappa shape index (κ3) is 12.7. The molecule has 5 heteroatoms. The Labute approximate surface area is 178 Å². The zero-order valence-electron chi connectivity index (χ0n) is 18.6. The first kappa shape index (κ1) is 26.6. The number of unbranched alkanes of at least 4 members (excludes halogenated alkanes) is 12. The molecule has 0 unspecified atom stereocenters. The van der Waals surface area contributed by atoms with Crippen molar-refractivity contribution in [2.45, 2.75) is 121 Å². The van der Waals surface area contributed by atoms with Gasteiger partial charge in [-0.1, -0.05) is 76.9 Å². The van der Waals surface area contributed by atoms with Gasteiger partial charge in [0, 0.05) is 6.61 Å². The molecule has 0 amide bonds. The van der Waals surface area contributed by atoms with E-state index in [1.54, 1.807) is 0 Å². The maximum absolute atomic E-state index is 9.83. The molecule has 172 valence electrons. The smallest absolute Gasteiger partial charge is 0.114 e. The minimum Gasteiger partial charge on any atom is -0.394 e. The van der Waals surface area contributed by atoms with Gasteiger partial charge in [0.05, 0.1) is 13.2 Å². The lowest BCUT2D eigenvalue weighted by Gasteiger charge is -2.24. The van der Waals surface area contributed by atoms with Crippen LogP contribution >= 0.6 is 0 Å². The van der Waals surface area contributed by atoms with Crippen molar-refractivity contribution < 1.29 is 24.8 Å². The van der Waals surface area contributed by atoms with E-state index in [1.165, 1.54) is 77.0 Å². The highest BCUT2D eigenvalue weighted by molar-refractivity contribution is 4.88. The number of allylic oxidation sites excluding steroid dienone is 2. The van der Waals surface area contributed by atoms with Crippen LogP contribution in [-0.2, 0) is 9.47 Å². The van der Waals surface area contributed by atoms with E-state index in [2.05, 4.69) is 19.1 Å². The predicted molar refractivity (Wildman–Crippen MR) is 118 cm³/mol. The topological polar surface area (TPSA) is 79.2 Å². The van der Waals surface area contributed by atoms with E-state index in [0.717, 1.165) is 12.8 Å². The van der Waals surface area contributed by atoms with Gasteiger partial charge in [-0.15, -0.1) is 0 Å². The summed E-state index contributed by atoms with van der Waals surface area (Å²) in [6.07, 6.45) is 19.4. The van der Waals surface area contributed by atoms with Crippen molar-refractivity contribution in [1.82, 2.24) is 0 Å². The van der Waals surface area contributed by atoms with Crippen LogP contribution in [0.3, 0.4) is 0 Å². The number of ether oxygens (including phenoxy) is 2. The first-order chi connectivity index (χ1) is 14.2. The van der Waals surface area contributed by atoms with E-state index in [0.29, 0.717) is 6.61 Å². The second kappa shape index (κ2) is 18.3. The predicted octanol–water partition coefficient (Wildman–Crippen LogP) is 4.52. The van der Waals surface area contributed by atoms with Crippen molar-refractivity contribution in [2.24, 2.45) is 0 Å². The van der Waals surface area contributed by atoms with Crippen LogP contribution in [0.25, 0.3) is 0 Å². The van der Waals surface area contributed by atoms with E-state index in [1.807, 2.05) is 0 Å². The lowest BCUT2D eigenvalue weighted by Crippen LogP contribution is -2.42. The van der Waals surface area contributed by atoms with E-state index in [9.17, 15) is 15.3 Å². The highest BCUT2D eigenvalue weighted by Gasteiger charge is 2.40. The molecule has 1 aliphatic heterocycles. The van der Waals surface area contributed by atoms with Gasteiger partial charge in [0.1, 0.15) is 24.4 Å². The molecule has 0 bridgehead atoms. The molecule has 0 radical (unpaired) electrons. The first-order valence-corrected chi connectivity index (χ1v) is 12.1. The van der Waals surface area contributed by atoms with Crippen molar-refractivity contribution in [1.29, 1.82) is 0 Å². The third-order valence-corrected chi connectivity index (χ3v) is 5.72. The molecule has 1 heterocycles. The molecule has 1 rings (SSSR count). The van der Waals surface area contributed by atoms with Crippen molar-refractivity contribution in [3.8, 4) is 0 Å². The summed E-state index contributed by atoms with van der Waals surface area (Å²) in [4.78, 5) is 0. The van der Waals surface area contributed by atoms with Crippen LogP contribution in [0.1, 0.15) is 96.8 Å². The van der Waals surface area contributed by atoms with Crippen LogP contribution in [0.15, 0.2) is 12.2 Å². The molecular formula is C24H46O5. The number of hydrogen-bond donors (Lipinski definition) is 3. The van der Waals surface area contributed by atoms with Gasteiger partial charge in [-0.25, -0.2) is 0 Å². The fraction of sp³-hybridized carbons (Fsp3) is 0.917. The zero-order chi connectivity index (χ0) is 21.2. The van der Waals surface area contributed by atoms with Crippen LogP contribution in [0.4, 0.5) is 0 Å². The standard InChI is InChI=1S/C24H46O5/c1-2-3-4-5-6-7-8-9-10-11-12-13-14-15-16-17-18-28-22(19-25)24-23(27)21(26)20-29-24/h6-7,21-27H,2-5,8-20H2,1H3/b7-6+/t21-,22+,23+,24+/m0/s1. The monoisotopic (exact) mass is 414 g/mol. The van der Waals surface area contributed by atoms with Gasteiger partial charge in [-0.3, -0.25) is 0 Å². The summed E-state index contributed by atoms with van der Waals surface area (Å²) < 4.78 is 11.0. The quantitative estimate of drug-likeness (QED) is 0.214.